The van der Waals surface area contributed by atoms with Gasteiger partial charge in [-0.15, -0.1) is 11.3 Å². The zero-order chi connectivity index (χ0) is 16.5. The van der Waals surface area contributed by atoms with E-state index in [4.69, 9.17) is 5.10 Å². The van der Waals surface area contributed by atoms with Crippen molar-refractivity contribution < 1.29 is 0 Å². The third kappa shape index (κ3) is 2.85. The summed E-state index contributed by atoms with van der Waals surface area (Å²) in [7, 11) is 0. The number of hydrazone groups is 1. The summed E-state index contributed by atoms with van der Waals surface area (Å²) >= 11 is 1.65. The van der Waals surface area contributed by atoms with E-state index in [0.29, 0.717) is 0 Å². The largest absolute Gasteiger partial charge is 0.231 e. The Labute approximate surface area is 146 Å². The van der Waals surface area contributed by atoms with Crippen molar-refractivity contribution in [3.8, 4) is 0 Å². The van der Waals surface area contributed by atoms with Crippen molar-refractivity contribution in [3.63, 3.8) is 0 Å². The molecule has 2 aromatic carbocycles. The van der Waals surface area contributed by atoms with E-state index >= 15 is 0 Å². The molecule has 3 nitrogen and oxygen atoms in total. The van der Waals surface area contributed by atoms with Crippen molar-refractivity contribution in [2.24, 2.45) is 5.10 Å². The summed E-state index contributed by atoms with van der Waals surface area (Å²) in [6, 6.07) is 19.4. The number of hydrogen-bond donors (Lipinski definition) is 0. The van der Waals surface area contributed by atoms with Crippen LogP contribution >= 0.6 is 11.3 Å². The van der Waals surface area contributed by atoms with Gasteiger partial charge in [0.15, 0.2) is 0 Å². The van der Waals surface area contributed by atoms with Crippen LogP contribution in [0.25, 0.3) is 0 Å². The van der Waals surface area contributed by atoms with E-state index in [1.165, 1.54) is 16.7 Å². The summed E-state index contributed by atoms with van der Waals surface area (Å²) in [5.41, 5.74) is 5.90. The Balaban J connectivity index is 1.74. The number of aromatic nitrogens is 1. The summed E-state index contributed by atoms with van der Waals surface area (Å²) in [6.45, 7) is 4.13. The molecule has 0 N–H and O–H groups in total. The topological polar surface area (TPSA) is 28.5 Å². The van der Waals surface area contributed by atoms with Crippen LogP contribution in [0.1, 0.15) is 34.8 Å². The second-order valence-electron chi connectivity index (χ2n) is 6.16. The lowest BCUT2D eigenvalue weighted by Crippen LogP contribution is -2.18. The van der Waals surface area contributed by atoms with Gasteiger partial charge in [0, 0.05) is 11.8 Å². The SMILES string of the molecule is Cc1ccc(C2=NN(c3nc(C)cs3)[C@@H](c3ccccc3)C2)cc1. The molecule has 0 radical (unpaired) electrons. The monoisotopic (exact) mass is 333 g/mol. The summed E-state index contributed by atoms with van der Waals surface area (Å²) in [5.74, 6) is 0. The predicted molar refractivity (Wildman–Crippen MR) is 101 cm³/mol. The summed E-state index contributed by atoms with van der Waals surface area (Å²) < 4.78 is 0. The van der Waals surface area contributed by atoms with Gasteiger partial charge in [-0.2, -0.15) is 5.10 Å². The minimum atomic E-state index is 0.202. The maximum absolute atomic E-state index is 4.93. The third-order valence-electron chi connectivity index (χ3n) is 4.28. The van der Waals surface area contributed by atoms with Crippen molar-refractivity contribution in [2.45, 2.75) is 26.3 Å². The lowest BCUT2D eigenvalue weighted by atomic mass is 9.98. The molecule has 120 valence electrons. The van der Waals surface area contributed by atoms with E-state index in [0.717, 1.165) is 23.0 Å². The van der Waals surface area contributed by atoms with Crippen LogP contribution in [0.4, 0.5) is 5.13 Å². The van der Waals surface area contributed by atoms with Crippen LogP contribution in [0.3, 0.4) is 0 Å². The zero-order valence-corrected chi connectivity index (χ0v) is 14.6. The first kappa shape index (κ1) is 15.1. The van der Waals surface area contributed by atoms with E-state index in [2.05, 4.69) is 76.9 Å². The molecular weight excluding hydrogens is 314 g/mol. The Morgan fingerprint density at radius 2 is 1.75 bits per heavy atom. The number of hydrogen-bond acceptors (Lipinski definition) is 4. The molecule has 0 saturated carbocycles. The molecule has 0 spiro atoms. The molecule has 0 fully saturated rings. The van der Waals surface area contributed by atoms with Gasteiger partial charge in [0.25, 0.3) is 0 Å². The van der Waals surface area contributed by atoms with Gasteiger partial charge in [-0.3, -0.25) is 0 Å². The molecule has 0 bridgehead atoms. The van der Waals surface area contributed by atoms with E-state index in [1.54, 1.807) is 11.3 Å². The third-order valence-corrected chi connectivity index (χ3v) is 5.23. The molecule has 4 rings (SSSR count). The minimum absolute atomic E-state index is 0.202. The number of benzene rings is 2. The van der Waals surface area contributed by atoms with Gasteiger partial charge >= 0.3 is 0 Å². The first-order valence-electron chi connectivity index (χ1n) is 8.11. The van der Waals surface area contributed by atoms with E-state index in [9.17, 15) is 0 Å². The zero-order valence-electron chi connectivity index (χ0n) is 13.8. The molecule has 1 aliphatic heterocycles. The first-order valence-corrected chi connectivity index (χ1v) is 8.99. The number of nitrogens with zero attached hydrogens (tertiary/aromatic N) is 3. The first-order chi connectivity index (χ1) is 11.7. The van der Waals surface area contributed by atoms with Crippen LogP contribution in [-0.2, 0) is 0 Å². The van der Waals surface area contributed by atoms with Gasteiger partial charge in [0.05, 0.1) is 17.4 Å². The summed E-state index contributed by atoms with van der Waals surface area (Å²) in [5, 5.41) is 10.1. The molecule has 3 aromatic rings. The van der Waals surface area contributed by atoms with Gasteiger partial charge in [-0.1, -0.05) is 60.2 Å². The fraction of sp³-hybridized carbons (Fsp3) is 0.200. The molecule has 0 amide bonds. The van der Waals surface area contributed by atoms with Gasteiger partial charge in [-0.05, 0) is 25.0 Å². The van der Waals surface area contributed by atoms with Gasteiger partial charge in [0.2, 0.25) is 5.13 Å². The number of aryl methyl sites for hydroxylation is 2. The average Bonchev–Trinajstić information content (AvgIpc) is 3.23. The maximum atomic E-state index is 4.93. The lowest BCUT2D eigenvalue weighted by molar-refractivity contribution is 0.705. The number of thiazole rings is 1. The second-order valence-corrected chi connectivity index (χ2v) is 7.00. The van der Waals surface area contributed by atoms with Crippen LogP contribution in [-0.4, -0.2) is 10.7 Å². The van der Waals surface area contributed by atoms with Crippen molar-refractivity contribution in [2.75, 3.05) is 5.01 Å². The Bertz CT molecular complexity index is 865. The number of anilines is 1. The highest BCUT2D eigenvalue weighted by atomic mass is 32.1. The summed E-state index contributed by atoms with van der Waals surface area (Å²) in [6.07, 6.45) is 0.895. The van der Waals surface area contributed by atoms with Gasteiger partial charge < -0.3 is 0 Å². The van der Waals surface area contributed by atoms with Gasteiger partial charge in [0.1, 0.15) is 0 Å². The number of rotatable bonds is 3. The van der Waals surface area contributed by atoms with Crippen LogP contribution in [0.2, 0.25) is 0 Å². The summed E-state index contributed by atoms with van der Waals surface area (Å²) in [4.78, 5) is 4.65. The fourth-order valence-electron chi connectivity index (χ4n) is 2.99. The highest BCUT2D eigenvalue weighted by molar-refractivity contribution is 7.13. The Morgan fingerprint density at radius 3 is 2.42 bits per heavy atom. The molecule has 0 unspecified atom stereocenters. The standard InChI is InChI=1S/C20H19N3S/c1-14-8-10-16(11-9-14)18-12-19(17-6-4-3-5-7-17)23(22-18)20-21-15(2)13-24-20/h3-11,13,19H,12H2,1-2H3/t19-/m1/s1. The van der Waals surface area contributed by atoms with E-state index < -0.39 is 0 Å². The quantitative estimate of drug-likeness (QED) is 0.666. The minimum Gasteiger partial charge on any atom is -0.231 e. The maximum Gasteiger partial charge on any atom is 0.206 e. The second kappa shape index (κ2) is 6.21. The fourth-order valence-corrected chi connectivity index (χ4v) is 3.79. The molecule has 1 aliphatic rings. The Morgan fingerprint density at radius 1 is 1.00 bits per heavy atom. The molecule has 0 saturated heterocycles. The molecule has 24 heavy (non-hydrogen) atoms. The lowest BCUT2D eigenvalue weighted by Gasteiger charge is -2.21. The Hall–Kier alpha value is -2.46. The Kier molecular flexibility index (Phi) is 3.90. The highest BCUT2D eigenvalue weighted by Crippen LogP contribution is 2.37. The van der Waals surface area contributed by atoms with Crippen LogP contribution in [0.5, 0.6) is 0 Å². The van der Waals surface area contributed by atoms with E-state index in [1.807, 2.05) is 6.92 Å². The van der Waals surface area contributed by atoms with Crippen molar-refractivity contribution in [3.05, 3.63) is 82.4 Å². The van der Waals surface area contributed by atoms with Crippen molar-refractivity contribution in [1.29, 1.82) is 0 Å². The van der Waals surface area contributed by atoms with Crippen molar-refractivity contribution >= 4 is 22.2 Å². The molecular formula is C20H19N3S. The predicted octanol–water partition coefficient (Wildman–Crippen LogP) is 5.12. The van der Waals surface area contributed by atoms with Crippen molar-refractivity contribution in [1.82, 2.24) is 4.98 Å². The average molecular weight is 333 g/mol. The smallest absolute Gasteiger partial charge is 0.206 e. The highest BCUT2D eigenvalue weighted by Gasteiger charge is 2.31. The van der Waals surface area contributed by atoms with E-state index in [-0.39, 0.29) is 6.04 Å². The molecule has 1 aromatic heterocycles. The van der Waals surface area contributed by atoms with Crippen LogP contribution in [0, 0.1) is 13.8 Å². The normalized spacial score (nSPS) is 17.2. The van der Waals surface area contributed by atoms with Crippen LogP contribution < -0.4 is 5.01 Å². The van der Waals surface area contributed by atoms with Gasteiger partial charge in [-0.25, -0.2) is 9.99 Å². The molecule has 4 heteroatoms. The van der Waals surface area contributed by atoms with Crippen LogP contribution in [0.15, 0.2) is 65.1 Å². The molecule has 1 atom stereocenters. The molecule has 0 aliphatic carbocycles. The molecule has 2 heterocycles.